The van der Waals surface area contributed by atoms with Crippen molar-refractivity contribution < 1.29 is 47.8 Å². The molecule has 1 unspecified atom stereocenters. The zero-order chi connectivity index (χ0) is 39.8. The van der Waals surface area contributed by atoms with E-state index in [-0.39, 0.29) is 19.4 Å². The molecule has 0 bridgehead atoms. The van der Waals surface area contributed by atoms with Gasteiger partial charge in [-0.3, -0.25) is 18.6 Å². The minimum atomic E-state index is -4.63. The minimum absolute atomic E-state index is 0.114. The molecule has 0 heterocycles. The Morgan fingerprint density at radius 3 is 1.50 bits per heavy atom. The van der Waals surface area contributed by atoms with Crippen molar-refractivity contribution in [3.05, 3.63) is 72.9 Å². The highest BCUT2D eigenvalue weighted by Gasteiger charge is 2.27. The van der Waals surface area contributed by atoms with Crippen LogP contribution < -0.4 is 0 Å². The third-order valence-electron chi connectivity index (χ3n) is 8.14. The third kappa shape index (κ3) is 37.7. The predicted molar refractivity (Wildman–Crippen MR) is 219 cm³/mol. The van der Waals surface area contributed by atoms with E-state index in [9.17, 15) is 24.2 Å². The van der Waals surface area contributed by atoms with Crippen LogP contribution in [0.1, 0.15) is 149 Å². The summed E-state index contributed by atoms with van der Waals surface area (Å²) >= 11 is 0. The molecule has 0 saturated carbocycles. The average molecular weight is 781 g/mol. The molecule has 0 fully saturated rings. The Morgan fingerprint density at radius 2 is 1.02 bits per heavy atom. The maximum absolute atomic E-state index is 12.6. The molecule has 0 aromatic carbocycles. The van der Waals surface area contributed by atoms with Gasteiger partial charge in [-0.1, -0.05) is 157 Å². The Morgan fingerprint density at radius 1 is 0.574 bits per heavy atom. The molecule has 0 spiro atoms. The Kier molecular flexibility index (Phi) is 36.8. The van der Waals surface area contributed by atoms with Gasteiger partial charge in [0.2, 0.25) is 0 Å². The molecular formula is C43H73O10P. The number of ether oxygens (including phenoxy) is 2. The number of rotatable bonds is 37. The van der Waals surface area contributed by atoms with Crippen LogP contribution in [-0.2, 0) is 32.7 Å². The van der Waals surface area contributed by atoms with Crippen molar-refractivity contribution in [2.24, 2.45) is 0 Å². The lowest BCUT2D eigenvalue weighted by Crippen LogP contribution is -2.29. The molecule has 0 saturated heterocycles. The number of hydrogen-bond acceptors (Lipinski definition) is 9. The van der Waals surface area contributed by atoms with Crippen molar-refractivity contribution in [3.63, 3.8) is 0 Å². The molecule has 0 rings (SSSR count). The number of aliphatic hydroxyl groups excluding tert-OH is 2. The van der Waals surface area contributed by atoms with Crippen LogP contribution in [0, 0.1) is 0 Å². The SMILES string of the molecule is CC/C=C/C/C=C/C/C=C/C/C=C/C/C=C/C/C=C/CCC(=O)OC[C@@H](COP(=O)(O)OC[C@H](O)CO)OC(=O)CCCCCCCCCCCCCC. The molecular weight excluding hydrogens is 707 g/mol. The maximum Gasteiger partial charge on any atom is 0.472 e. The van der Waals surface area contributed by atoms with Gasteiger partial charge in [-0.15, -0.1) is 0 Å². The Labute approximate surface area is 327 Å². The molecule has 3 atom stereocenters. The molecule has 0 amide bonds. The average Bonchev–Trinajstić information content (AvgIpc) is 3.16. The fourth-order valence-corrected chi connectivity index (χ4v) is 5.81. The van der Waals surface area contributed by atoms with Crippen molar-refractivity contribution in [2.45, 2.75) is 161 Å². The molecule has 0 radical (unpaired) electrons. The van der Waals surface area contributed by atoms with Gasteiger partial charge in [-0.05, 0) is 51.4 Å². The van der Waals surface area contributed by atoms with Crippen LogP contribution in [0.2, 0.25) is 0 Å². The topological polar surface area (TPSA) is 149 Å². The maximum atomic E-state index is 12.6. The first-order valence-corrected chi connectivity index (χ1v) is 21.9. The van der Waals surface area contributed by atoms with Crippen molar-refractivity contribution in [1.29, 1.82) is 0 Å². The van der Waals surface area contributed by atoms with E-state index in [0.29, 0.717) is 12.8 Å². The Hall–Kier alpha value is -2.59. The third-order valence-corrected chi connectivity index (χ3v) is 9.09. The lowest BCUT2D eigenvalue weighted by molar-refractivity contribution is -0.161. The molecule has 0 aliphatic heterocycles. The van der Waals surface area contributed by atoms with Crippen LogP contribution in [0.5, 0.6) is 0 Å². The monoisotopic (exact) mass is 780 g/mol. The molecule has 0 aliphatic carbocycles. The summed E-state index contributed by atoms with van der Waals surface area (Å²) in [6, 6.07) is 0. The number of carbonyl (C=O) groups excluding carboxylic acids is 2. The van der Waals surface area contributed by atoms with E-state index in [1.807, 2.05) is 12.2 Å². The Balaban J connectivity index is 4.45. The first kappa shape index (κ1) is 51.4. The molecule has 0 aromatic rings. The van der Waals surface area contributed by atoms with Crippen LogP contribution in [-0.4, -0.2) is 65.7 Å². The van der Waals surface area contributed by atoms with Gasteiger partial charge < -0.3 is 24.6 Å². The molecule has 0 aromatic heterocycles. The van der Waals surface area contributed by atoms with Gasteiger partial charge in [0.1, 0.15) is 12.7 Å². The number of hydrogen-bond donors (Lipinski definition) is 3. The molecule has 10 nitrogen and oxygen atoms in total. The van der Waals surface area contributed by atoms with Gasteiger partial charge in [0.05, 0.1) is 19.8 Å². The largest absolute Gasteiger partial charge is 0.472 e. The van der Waals surface area contributed by atoms with Gasteiger partial charge in [-0.2, -0.15) is 0 Å². The number of allylic oxidation sites excluding steroid dienone is 12. The van der Waals surface area contributed by atoms with Gasteiger partial charge in [-0.25, -0.2) is 4.57 Å². The van der Waals surface area contributed by atoms with Gasteiger partial charge in [0.15, 0.2) is 6.10 Å². The normalized spacial score (nSPS) is 14.7. The fraction of sp³-hybridized carbons (Fsp3) is 0.674. The van der Waals surface area contributed by atoms with Gasteiger partial charge >= 0.3 is 19.8 Å². The van der Waals surface area contributed by atoms with Crippen molar-refractivity contribution in [3.8, 4) is 0 Å². The first-order valence-electron chi connectivity index (χ1n) is 20.4. The lowest BCUT2D eigenvalue weighted by atomic mass is 10.0. The smallest absolute Gasteiger partial charge is 0.462 e. The highest BCUT2D eigenvalue weighted by atomic mass is 31.2. The second-order valence-corrected chi connectivity index (χ2v) is 14.7. The van der Waals surface area contributed by atoms with E-state index >= 15 is 0 Å². The quantitative estimate of drug-likeness (QED) is 0.0241. The van der Waals surface area contributed by atoms with Gasteiger partial charge in [0, 0.05) is 12.8 Å². The second-order valence-electron chi connectivity index (χ2n) is 13.3. The number of phosphoric ester groups is 1. The highest BCUT2D eigenvalue weighted by molar-refractivity contribution is 7.47. The molecule has 0 aliphatic rings. The summed E-state index contributed by atoms with van der Waals surface area (Å²) in [5.41, 5.74) is 0. The van der Waals surface area contributed by atoms with Crippen LogP contribution in [0.15, 0.2) is 72.9 Å². The van der Waals surface area contributed by atoms with Crippen LogP contribution in [0.3, 0.4) is 0 Å². The van der Waals surface area contributed by atoms with E-state index in [4.69, 9.17) is 19.1 Å². The van der Waals surface area contributed by atoms with E-state index in [2.05, 4.69) is 79.1 Å². The molecule has 3 N–H and O–H groups in total. The summed E-state index contributed by atoms with van der Waals surface area (Å²) in [6.45, 7) is 2.15. The molecule has 11 heteroatoms. The summed E-state index contributed by atoms with van der Waals surface area (Å²) in [5.74, 6) is -1.03. The van der Waals surface area contributed by atoms with Crippen LogP contribution in [0.4, 0.5) is 0 Å². The van der Waals surface area contributed by atoms with E-state index in [1.54, 1.807) is 0 Å². The highest BCUT2D eigenvalue weighted by Crippen LogP contribution is 2.43. The van der Waals surface area contributed by atoms with E-state index in [1.165, 1.54) is 51.4 Å². The standard InChI is InChI=1S/C43H73O10P/c1-3-5-7-9-11-13-15-17-18-19-20-21-22-23-25-26-28-30-32-34-42(46)50-38-41(39-52-54(48,49)51-37-40(45)36-44)53-43(47)35-33-31-29-27-24-16-14-12-10-8-6-4-2/h5,7,11,13,17-18,20-21,23,25,28,30,40-41,44-45H,3-4,6,8-10,12,14-16,19,22,24,26-27,29,31-39H2,1-2H3,(H,48,49)/b7-5+,13-11+,18-17+,21-20+,25-23+,30-28+/t40-,41+/m1/s1. The van der Waals surface area contributed by atoms with Crippen molar-refractivity contribution in [1.82, 2.24) is 0 Å². The fourth-order valence-electron chi connectivity index (χ4n) is 5.02. The zero-order valence-corrected chi connectivity index (χ0v) is 34.3. The van der Waals surface area contributed by atoms with Crippen LogP contribution >= 0.6 is 7.82 Å². The summed E-state index contributed by atoms with van der Waals surface area (Å²) in [7, 11) is -4.63. The number of carbonyl (C=O) groups is 2. The number of aliphatic hydroxyl groups is 2. The molecule has 54 heavy (non-hydrogen) atoms. The second kappa shape index (κ2) is 38.7. The lowest BCUT2D eigenvalue weighted by Gasteiger charge is -2.20. The minimum Gasteiger partial charge on any atom is -0.462 e. The number of unbranched alkanes of at least 4 members (excludes halogenated alkanes) is 11. The van der Waals surface area contributed by atoms with Crippen LogP contribution in [0.25, 0.3) is 0 Å². The van der Waals surface area contributed by atoms with Crippen molar-refractivity contribution >= 4 is 19.8 Å². The summed E-state index contributed by atoms with van der Waals surface area (Å²) < 4.78 is 32.5. The Bertz CT molecular complexity index is 1130. The molecule has 310 valence electrons. The zero-order valence-electron chi connectivity index (χ0n) is 33.4. The summed E-state index contributed by atoms with van der Waals surface area (Å²) in [4.78, 5) is 34.8. The summed E-state index contributed by atoms with van der Waals surface area (Å²) in [6.07, 6.45) is 43.1. The summed E-state index contributed by atoms with van der Waals surface area (Å²) in [5, 5.41) is 18.3. The van der Waals surface area contributed by atoms with E-state index < -0.39 is 51.8 Å². The van der Waals surface area contributed by atoms with Gasteiger partial charge in [0.25, 0.3) is 0 Å². The van der Waals surface area contributed by atoms with Crippen molar-refractivity contribution in [2.75, 3.05) is 26.4 Å². The number of esters is 2. The number of phosphoric acid groups is 1. The first-order chi connectivity index (χ1) is 26.2. The van der Waals surface area contributed by atoms with E-state index in [0.717, 1.165) is 57.8 Å². The predicted octanol–water partition coefficient (Wildman–Crippen LogP) is 10.5.